The molecule has 0 bridgehead atoms. The first-order valence-corrected chi connectivity index (χ1v) is 13.4. The van der Waals surface area contributed by atoms with Gasteiger partial charge in [0, 0.05) is 62.8 Å². The van der Waals surface area contributed by atoms with Gasteiger partial charge in [-0.2, -0.15) is 0 Å². The molecule has 36 heavy (non-hydrogen) atoms. The Hall–Kier alpha value is -2.76. The Morgan fingerprint density at radius 3 is 2.42 bits per heavy atom. The Bertz CT molecular complexity index is 1190. The maximum absolute atomic E-state index is 5.85. The number of fused-ring (bicyclic) bond motifs is 1. The molecule has 2 aliphatic rings. The lowest BCUT2D eigenvalue weighted by Crippen LogP contribution is -2.50. The summed E-state index contributed by atoms with van der Waals surface area (Å²) >= 11 is 0. The van der Waals surface area contributed by atoms with Gasteiger partial charge < -0.3 is 9.64 Å². The molecule has 1 fully saturated rings. The highest BCUT2D eigenvalue weighted by atomic mass is 16.5. The van der Waals surface area contributed by atoms with Crippen molar-refractivity contribution in [2.24, 2.45) is 5.41 Å². The molecule has 2 aromatic carbocycles. The number of ether oxygens (including phenoxy) is 1. The van der Waals surface area contributed by atoms with Gasteiger partial charge >= 0.3 is 0 Å². The number of rotatable bonds is 6. The van der Waals surface area contributed by atoms with Crippen LogP contribution < -0.4 is 4.90 Å². The summed E-state index contributed by atoms with van der Waals surface area (Å²) in [7, 11) is 1.85. The zero-order valence-electron chi connectivity index (χ0n) is 22.6. The van der Waals surface area contributed by atoms with Crippen LogP contribution in [0, 0.1) is 19.3 Å². The molecule has 3 aromatic rings. The van der Waals surface area contributed by atoms with Crippen molar-refractivity contribution >= 4 is 5.82 Å². The molecule has 0 N–H and O–H groups in total. The predicted octanol–water partition coefficient (Wildman–Crippen LogP) is 5.61. The van der Waals surface area contributed by atoms with E-state index in [2.05, 4.69) is 86.0 Å². The molecule has 0 radical (unpaired) electrons. The van der Waals surface area contributed by atoms with E-state index >= 15 is 0 Å². The highest BCUT2D eigenvalue weighted by Crippen LogP contribution is 2.37. The standard InChI is InChI=1S/C31H40N4O/c1-22-10-9-11-23(2)28(22)29-32-26-15-18-34(17-14-24-12-7-6-8-13-24)20-25(26)30(33-29)35-19-16-27(36-5)31(3,4)21-35/h6-13,27H,14-21H2,1-5H3. The van der Waals surface area contributed by atoms with E-state index < -0.39 is 0 Å². The minimum absolute atomic E-state index is 0.0608. The molecule has 0 saturated carbocycles. The Balaban J connectivity index is 1.50. The number of aryl methyl sites for hydroxylation is 2. The number of hydrogen-bond acceptors (Lipinski definition) is 5. The average molecular weight is 485 g/mol. The molecule has 1 saturated heterocycles. The van der Waals surface area contributed by atoms with E-state index in [0.29, 0.717) is 0 Å². The highest BCUT2D eigenvalue weighted by Gasteiger charge is 2.38. The molecule has 5 nitrogen and oxygen atoms in total. The fourth-order valence-corrected chi connectivity index (χ4v) is 6.07. The lowest BCUT2D eigenvalue weighted by Gasteiger charge is -2.45. The van der Waals surface area contributed by atoms with E-state index in [-0.39, 0.29) is 11.5 Å². The van der Waals surface area contributed by atoms with E-state index in [9.17, 15) is 0 Å². The summed E-state index contributed by atoms with van der Waals surface area (Å²) in [5.41, 5.74) is 7.65. The third-order valence-electron chi connectivity index (χ3n) is 8.10. The van der Waals surface area contributed by atoms with Crippen LogP contribution in [0.2, 0.25) is 0 Å². The highest BCUT2D eigenvalue weighted by molar-refractivity contribution is 5.67. The normalized spacial score (nSPS) is 19.8. The van der Waals surface area contributed by atoms with Crippen LogP contribution in [0.5, 0.6) is 0 Å². The Labute approximate surface area is 216 Å². The van der Waals surface area contributed by atoms with E-state index in [0.717, 1.165) is 63.6 Å². The van der Waals surface area contributed by atoms with Gasteiger partial charge in [0.25, 0.3) is 0 Å². The minimum Gasteiger partial charge on any atom is -0.381 e. The molecule has 0 spiro atoms. The minimum atomic E-state index is 0.0608. The zero-order valence-corrected chi connectivity index (χ0v) is 22.6. The average Bonchev–Trinajstić information content (AvgIpc) is 2.87. The summed E-state index contributed by atoms with van der Waals surface area (Å²) in [6, 6.07) is 17.3. The third kappa shape index (κ3) is 5.05. The zero-order chi connectivity index (χ0) is 25.3. The number of aromatic nitrogens is 2. The maximum atomic E-state index is 5.85. The van der Waals surface area contributed by atoms with Crippen LogP contribution in [0.15, 0.2) is 48.5 Å². The van der Waals surface area contributed by atoms with Gasteiger partial charge in [0.05, 0.1) is 11.8 Å². The van der Waals surface area contributed by atoms with Crippen molar-refractivity contribution in [1.82, 2.24) is 14.9 Å². The number of anilines is 1. The van der Waals surface area contributed by atoms with Crippen LogP contribution in [-0.2, 0) is 24.1 Å². The monoisotopic (exact) mass is 484 g/mol. The molecule has 2 aliphatic heterocycles. The van der Waals surface area contributed by atoms with Crippen LogP contribution in [0.25, 0.3) is 11.4 Å². The summed E-state index contributed by atoms with van der Waals surface area (Å²) in [6.07, 6.45) is 3.32. The second-order valence-corrected chi connectivity index (χ2v) is 11.2. The van der Waals surface area contributed by atoms with Gasteiger partial charge in [0.15, 0.2) is 5.82 Å². The molecule has 1 unspecified atom stereocenters. The van der Waals surface area contributed by atoms with Crippen LogP contribution >= 0.6 is 0 Å². The molecular weight excluding hydrogens is 444 g/mol. The summed E-state index contributed by atoms with van der Waals surface area (Å²) < 4.78 is 5.85. The van der Waals surface area contributed by atoms with Crippen molar-refractivity contribution in [1.29, 1.82) is 0 Å². The topological polar surface area (TPSA) is 41.5 Å². The molecule has 5 rings (SSSR count). The summed E-state index contributed by atoms with van der Waals surface area (Å²) in [4.78, 5) is 15.6. The lowest BCUT2D eigenvalue weighted by molar-refractivity contribution is -0.00650. The van der Waals surface area contributed by atoms with Crippen LogP contribution in [0.4, 0.5) is 5.82 Å². The number of methoxy groups -OCH3 is 1. The Kier molecular flexibility index (Phi) is 7.14. The second-order valence-electron chi connectivity index (χ2n) is 11.2. The van der Waals surface area contributed by atoms with Crippen molar-refractivity contribution in [3.63, 3.8) is 0 Å². The molecule has 0 amide bonds. The van der Waals surface area contributed by atoms with E-state index in [1.165, 1.54) is 33.5 Å². The maximum Gasteiger partial charge on any atom is 0.162 e. The van der Waals surface area contributed by atoms with Gasteiger partial charge in [0.1, 0.15) is 5.82 Å². The smallest absolute Gasteiger partial charge is 0.162 e. The number of piperidine rings is 1. The molecule has 3 heterocycles. The third-order valence-corrected chi connectivity index (χ3v) is 8.10. The van der Waals surface area contributed by atoms with Crippen molar-refractivity contribution in [2.45, 2.75) is 59.6 Å². The molecule has 190 valence electrons. The largest absolute Gasteiger partial charge is 0.381 e. The first kappa shape index (κ1) is 24.9. The summed E-state index contributed by atoms with van der Waals surface area (Å²) in [5, 5.41) is 0. The summed E-state index contributed by atoms with van der Waals surface area (Å²) in [6.45, 7) is 13.9. The van der Waals surface area contributed by atoms with Gasteiger partial charge in [-0.05, 0) is 43.4 Å². The van der Waals surface area contributed by atoms with Gasteiger partial charge in [-0.1, -0.05) is 62.4 Å². The van der Waals surface area contributed by atoms with E-state index in [1.807, 2.05) is 7.11 Å². The van der Waals surface area contributed by atoms with Gasteiger partial charge in [-0.3, -0.25) is 4.90 Å². The number of hydrogen-bond donors (Lipinski definition) is 0. The Morgan fingerprint density at radius 1 is 0.972 bits per heavy atom. The van der Waals surface area contributed by atoms with Crippen molar-refractivity contribution < 1.29 is 4.74 Å². The van der Waals surface area contributed by atoms with Gasteiger partial charge in [0.2, 0.25) is 0 Å². The molecule has 1 atom stereocenters. The fourth-order valence-electron chi connectivity index (χ4n) is 6.07. The predicted molar refractivity (Wildman–Crippen MR) is 147 cm³/mol. The van der Waals surface area contributed by atoms with Crippen LogP contribution in [0.3, 0.4) is 0 Å². The molecular formula is C31H40N4O. The van der Waals surface area contributed by atoms with Crippen LogP contribution in [0.1, 0.15) is 48.2 Å². The van der Waals surface area contributed by atoms with Crippen molar-refractivity contribution in [3.05, 3.63) is 76.5 Å². The molecule has 0 aliphatic carbocycles. The lowest BCUT2D eigenvalue weighted by atomic mass is 9.81. The van der Waals surface area contributed by atoms with Crippen molar-refractivity contribution in [2.75, 3.05) is 38.2 Å². The fraction of sp³-hybridized carbons (Fsp3) is 0.484. The van der Waals surface area contributed by atoms with Gasteiger partial charge in [-0.15, -0.1) is 0 Å². The van der Waals surface area contributed by atoms with E-state index in [4.69, 9.17) is 14.7 Å². The van der Waals surface area contributed by atoms with Crippen LogP contribution in [-0.4, -0.2) is 54.3 Å². The quantitative estimate of drug-likeness (QED) is 0.455. The van der Waals surface area contributed by atoms with Gasteiger partial charge in [-0.25, -0.2) is 9.97 Å². The first-order valence-electron chi connectivity index (χ1n) is 13.4. The first-order chi connectivity index (χ1) is 17.4. The van der Waals surface area contributed by atoms with E-state index in [1.54, 1.807) is 0 Å². The number of nitrogens with zero attached hydrogens (tertiary/aromatic N) is 4. The molecule has 1 aromatic heterocycles. The molecule has 5 heteroatoms. The number of benzene rings is 2. The Morgan fingerprint density at radius 2 is 1.72 bits per heavy atom. The van der Waals surface area contributed by atoms with Crippen molar-refractivity contribution in [3.8, 4) is 11.4 Å². The SMILES string of the molecule is COC1CCN(c2nc(-c3c(C)cccc3C)nc3c2CN(CCc2ccccc2)CC3)CC1(C)C. The summed E-state index contributed by atoms with van der Waals surface area (Å²) in [5.74, 6) is 2.01. The second kappa shape index (κ2) is 10.3.